The van der Waals surface area contributed by atoms with Crippen LogP contribution in [0.15, 0.2) is 12.3 Å². The third-order valence-corrected chi connectivity index (χ3v) is 1.46. The van der Waals surface area contributed by atoms with Crippen LogP contribution < -0.4 is 0 Å². The van der Waals surface area contributed by atoms with Gasteiger partial charge in [0.2, 0.25) is 0 Å². The van der Waals surface area contributed by atoms with Gasteiger partial charge in [-0.05, 0) is 12.5 Å². The predicted molar refractivity (Wildman–Crippen MR) is 42.2 cm³/mol. The second-order valence-electron chi connectivity index (χ2n) is 2.39. The Labute approximate surface area is 74.8 Å². The third-order valence-electron chi connectivity index (χ3n) is 1.46. The van der Waals surface area contributed by atoms with Crippen molar-refractivity contribution in [1.82, 2.24) is 9.97 Å². The molecular weight excluding hydrogens is 178 g/mol. The summed E-state index contributed by atoms with van der Waals surface area (Å²) in [5.41, 5.74) is 0.822. The van der Waals surface area contributed by atoms with E-state index in [-0.39, 0.29) is 6.61 Å². The van der Waals surface area contributed by atoms with Crippen molar-refractivity contribution >= 4 is 0 Å². The lowest BCUT2D eigenvalue weighted by atomic mass is 10.3. The van der Waals surface area contributed by atoms with Crippen molar-refractivity contribution < 1.29 is 13.5 Å². The molecule has 1 aromatic rings. The minimum Gasteiger partial charge on any atom is -0.315 e. The van der Waals surface area contributed by atoms with Gasteiger partial charge in [-0.15, -0.1) is 0 Å². The van der Waals surface area contributed by atoms with Gasteiger partial charge in [0.1, 0.15) is 6.61 Å². The second kappa shape index (κ2) is 4.81. The van der Waals surface area contributed by atoms with Crippen molar-refractivity contribution in [2.75, 3.05) is 0 Å². The molecule has 0 aromatic carbocycles. The van der Waals surface area contributed by atoms with E-state index in [4.69, 9.17) is 0 Å². The Kier molecular flexibility index (Phi) is 3.70. The summed E-state index contributed by atoms with van der Waals surface area (Å²) in [7, 11) is 0. The monoisotopic (exact) mass is 188 g/mol. The van der Waals surface area contributed by atoms with Gasteiger partial charge in [0.25, 0.3) is 0 Å². The van der Waals surface area contributed by atoms with Gasteiger partial charge in [0.05, 0.1) is 0 Å². The van der Waals surface area contributed by atoms with Crippen molar-refractivity contribution in [3.8, 4) is 0 Å². The summed E-state index contributed by atoms with van der Waals surface area (Å²) in [6.45, 7) is -1.08. The molecule has 3 nitrogen and oxygen atoms in total. The average Bonchev–Trinajstić information content (AvgIpc) is 2.15. The van der Waals surface area contributed by atoms with Gasteiger partial charge in [-0.25, -0.2) is 9.97 Å². The summed E-state index contributed by atoms with van der Waals surface area (Å²) in [5, 5.41) is 0. The largest absolute Gasteiger partial charge is 0.345 e. The van der Waals surface area contributed by atoms with E-state index >= 15 is 0 Å². The van der Waals surface area contributed by atoms with Gasteiger partial charge >= 0.3 is 6.61 Å². The summed E-state index contributed by atoms with van der Waals surface area (Å²) in [6, 6.07) is 1.74. The highest BCUT2D eigenvalue weighted by atomic mass is 19.3. The number of halogens is 2. The number of alkyl halides is 2. The molecule has 0 atom stereocenters. The molecule has 0 fully saturated rings. The fourth-order valence-corrected chi connectivity index (χ4v) is 0.845. The molecule has 0 N–H and O–H groups in total. The molecule has 1 aromatic heterocycles. The van der Waals surface area contributed by atoms with Crippen molar-refractivity contribution in [2.45, 2.75) is 26.6 Å². The molecule has 0 saturated carbocycles. The van der Waals surface area contributed by atoms with Gasteiger partial charge in [-0.1, -0.05) is 6.92 Å². The molecule has 0 aliphatic carbocycles. The van der Waals surface area contributed by atoms with E-state index in [1.165, 1.54) is 6.20 Å². The number of nitrogens with zero attached hydrogens (tertiary/aromatic N) is 2. The van der Waals surface area contributed by atoms with Crippen LogP contribution in [0.4, 0.5) is 8.78 Å². The zero-order valence-corrected chi connectivity index (χ0v) is 7.20. The van der Waals surface area contributed by atoms with Gasteiger partial charge in [-0.3, -0.25) is 0 Å². The van der Waals surface area contributed by atoms with E-state index in [1.54, 1.807) is 6.07 Å². The SMILES string of the molecule is CCc1ccnc(COC(F)F)n1. The molecule has 0 spiro atoms. The van der Waals surface area contributed by atoms with Gasteiger partial charge < -0.3 is 4.74 Å². The van der Waals surface area contributed by atoms with Crippen molar-refractivity contribution in [2.24, 2.45) is 0 Å². The molecular formula is C8H10F2N2O. The summed E-state index contributed by atoms with van der Waals surface area (Å²) in [5.74, 6) is 0.291. The van der Waals surface area contributed by atoms with Crippen LogP contribution in [0.3, 0.4) is 0 Å². The van der Waals surface area contributed by atoms with Gasteiger partial charge in [0.15, 0.2) is 5.82 Å². The van der Waals surface area contributed by atoms with Crippen LogP contribution in [-0.2, 0) is 17.8 Å². The smallest absolute Gasteiger partial charge is 0.315 e. The highest BCUT2D eigenvalue weighted by molar-refractivity contribution is 5.01. The first-order valence-electron chi connectivity index (χ1n) is 3.93. The number of hydrogen-bond donors (Lipinski definition) is 0. The van der Waals surface area contributed by atoms with E-state index in [0.717, 1.165) is 12.1 Å². The Morgan fingerprint density at radius 1 is 1.54 bits per heavy atom. The molecule has 0 amide bonds. The van der Waals surface area contributed by atoms with Crippen molar-refractivity contribution in [3.05, 3.63) is 23.8 Å². The minimum atomic E-state index is -2.77. The molecule has 0 aliphatic rings. The highest BCUT2D eigenvalue weighted by Gasteiger charge is 2.04. The molecule has 0 saturated heterocycles. The van der Waals surface area contributed by atoms with Crippen molar-refractivity contribution in [3.63, 3.8) is 0 Å². The van der Waals surface area contributed by atoms with Crippen LogP contribution in [-0.4, -0.2) is 16.6 Å². The molecule has 13 heavy (non-hydrogen) atoms. The van der Waals surface area contributed by atoms with E-state index < -0.39 is 6.61 Å². The molecule has 0 aliphatic heterocycles. The Hall–Kier alpha value is -1.10. The first-order valence-corrected chi connectivity index (χ1v) is 3.93. The van der Waals surface area contributed by atoms with Crippen molar-refractivity contribution in [1.29, 1.82) is 0 Å². The Balaban J connectivity index is 2.56. The molecule has 1 rings (SSSR count). The van der Waals surface area contributed by atoms with Crippen LogP contribution in [0.2, 0.25) is 0 Å². The lowest BCUT2D eigenvalue weighted by molar-refractivity contribution is -0.138. The standard InChI is InChI=1S/C8H10F2N2O/c1-2-6-3-4-11-7(12-6)5-13-8(9)10/h3-4,8H,2,5H2,1H3. The first kappa shape index (κ1) is 9.98. The molecule has 0 radical (unpaired) electrons. The first-order chi connectivity index (χ1) is 6.22. The summed E-state index contributed by atoms with van der Waals surface area (Å²) < 4.78 is 27.3. The number of ether oxygens (including phenoxy) is 1. The van der Waals surface area contributed by atoms with E-state index in [2.05, 4.69) is 14.7 Å². The van der Waals surface area contributed by atoms with Crippen LogP contribution in [0, 0.1) is 0 Å². The molecule has 0 bridgehead atoms. The summed E-state index contributed by atoms with van der Waals surface area (Å²) in [6.07, 6.45) is 2.29. The highest BCUT2D eigenvalue weighted by Crippen LogP contribution is 2.01. The van der Waals surface area contributed by atoms with E-state index in [9.17, 15) is 8.78 Å². The van der Waals surface area contributed by atoms with E-state index in [1.807, 2.05) is 6.92 Å². The van der Waals surface area contributed by atoms with Crippen LogP contribution in [0.25, 0.3) is 0 Å². The average molecular weight is 188 g/mol. The Morgan fingerprint density at radius 2 is 2.31 bits per heavy atom. The number of aryl methyl sites for hydroxylation is 1. The fourth-order valence-electron chi connectivity index (χ4n) is 0.845. The number of hydrogen-bond acceptors (Lipinski definition) is 3. The zero-order chi connectivity index (χ0) is 9.68. The minimum absolute atomic E-state index is 0.245. The van der Waals surface area contributed by atoms with Gasteiger partial charge in [0, 0.05) is 11.9 Å². The third kappa shape index (κ3) is 3.42. The quantitative estimate of drug-likeness (QED) is 0.722. The van der Waals surface area contributed by atoms with Crippen LogP contribution in [0.5, 0.6) is 0 Å². The van der Waals surface area contributed by atoms with Crippen LogP contribution in [0.1, 0.15) is 18.4 Å². The molecule has 5 heteroatoms. The van der Waals surface area contributed by atoms with E-state index in [0.29, 0.717) is 5.82 Å². The predicted octanol–water partition coefficient (Wildman–Crippen LogP) is 1.78. The number of aromatic nitrogens is 2. The fraction of sp³-hybridized carbons (Fsp3) is 0.500. The maximum atomic E-state index is 11.6. The molecule has 1 heterocycles. The normalized spacial score (nSPS) is 10.8. The molecule has 72 valence electrons. The maximum absolute atomic E-state index is 11.6. The van der Waals surface area contributed by atoms with Gasteiger partial charge in [-0.2, -0.15) is 8.78 Å². The second-order valence-corrected chi connectivity index (χ2v) is 2.39. The lowest BCUT2D eigenvalue weighted by Crippen LogP contribution is -2.04. The summed E-state index contributed by atoms with van der Waals surface area (Å²) >= 11 is 0. The molecule has 0 unspecified atom stereocenters. The Bertz CT molecular complexity index is 268. The maximum Gasteiger partial charge on any atom is 0.345 e. The zero-order valence-electron chi connectivity index (χ0n) is 7.20. The topological polar surface area (TPSA) is 35.0 Å². The Morgan fingerprint density at radius 3 is 2.92 bits per heavy atom. The lowest BCUT2D eigenvalue weighted by Gasteiger charge is -2.02. The summed E-state index contributed by atoms with van der Waals surface area (Å²) in [4.78, 5) is 7.78. The number of rotatable bonds is 4. The van der Waals surface area contributed by atoms with Crippen LogP contribution >= 0.6 is 0 Å².